The van der Waals surface area contributed by atoms with Crippen LogP contribution in [-0.4, -0.2) is 37.2 Å². The van der Waals surface area contributed by atoms with Crippen molar-refractivity contribution in [2.45, 2.75) is 25.2 Å². The molecule has 1 heterocycles. The minimum atomic E-state index is -3.84. The minimum Gasteiger partial charge on any atom is -0.381 e. The van der Waals surface area contributed by atoms with Gasteiger partial charge in [-0.1, -0.05) is 6.92 Å². The first-order valence-corrected chi connectivity index (χ1v) is 7.33. The zero-order valence-corrected chi connectivity index (χ0v) is 12.0. The molecule has 0 spiro atoms. The van der Waals surface area contributed by atoms with Gasteiger partial charge in [0.1, 0.15) is 4.90 Å². The van der Waals surface area contributed by atoms with Crippen molar-refractivity contribution in [2.75, 3.05) is 18.8 Å². The molecule has 0 radical (unpaired) electrons. The summed E-state index contributed by atoms with van der Waals surface area (Å²) in [5, 5.41) is 6.40. The molecule has 1 rings (SSSR count). The first kappa shape index (κ1) is 15.4. The summed E-state index contributed by atoms with van der Waals surface area (Å²) in [5.74, 6) is -0.466. The van der Waals surface area contributed by atoms with Crippen LogP contribution in [0.3, 0.4) is 0 Å². The van der Waals surface area contributed by atoms with E-state index >= 15 is 0 Å². The van der Waals surface area contributed by atoms with Crippen LogP contribution in [0.5, 0.6) is 0 Å². The molecule has 4 N–H and O–H groups in total. The lowest BCUT2D eigenvalue weighted by molar-refractivity contribution is -0.119. The predicted molar refractivity (Wildman–Crippen MR) is 70.8 cm³/mol. The summed E-state index contributed by atoms with van der Waals surface area (Å²) in [5.41, 5.74) is 5.98. The van der Waals surface area contributed by atoms with Crippen molar-refractivity contribution in [2.24, 2.45) is 7.05 Å². The molecule has 19 heavy (non-hydrogen) atoms. The van der Waals surface area contributed by atoms with Crippen LogP contribution in [0, 0.1) is 6.92 Å². The SMILES string of the molecule is CCCNC(=O)CNS(=O)(=O)c1c(N)nn(C)c1C. The average Bonchev–Trinajstić information content (AvgIpc) is 2.58. The molecule has 0 atom stereocenters. The van der Waals surface area contributed by atoms with Crippen LogP contribution in [-0.2, 0) is 21.9 Å². The summed E-state index contributed by atoms with van der Waals surface area (Å²) in [6.45, 7) is 3.68. The van der Waals surface area contributed by atoms with Gasteiger partial charge in [0.05, 0.1) is 12.2 Å². The molecule has 0 saturated heterocycles. The van der Waals surface area contributed by atoms with E-state index in [1.54, 1.807) is 14.0 Å². The Bertz CT molecular complexity index is 564. The number of amides is 1. The van der Waals surface area contributed by atoms with Gasteiger partial charge in [-0.15, -0.1) is 0 Å². The van der Waals surface area contributed by atoms with E-state index < -0.39 is 10.0 Å². The van der Waals surface area contributed by atoms with Crippen molar-refractivity contribution in [3.05, 3.63) is 5.69 Å². The van der Waals surface area contributed by atoms with Crippen LogP contribution in [0.15, 0.2) is 4.90 Å². The Morgan fingerprint density at radius 2 is 2.11 bits per heavy atom. The van der Waals surface area contributed by atoms with Gasteiger partial charge in [-0.05, 0) is 13.3 Å². The van der Waals surface area contributed by atoms with E-state index in [2.05, 4.69) is 15.1 Å². The number of nitrogen functional groups attached to an aromatic ring is 1. The van der Waals surface area contributed by atoms with E-state index in [4.69, 9.17) is 5.73 Å². The fourth-order valence-electron chi connectivity index (χ4n) is 1.51. The van der Waals surface area contributed by atoms with Crippen molar-refractivity contribution in [1.82, 2.24) is 19.8 Å². The quantitative estimate of drug-likeness (QED) is 0.628. The van der Waals surface area contributed by atoms with Gasteiger partial charge in [0.25, 0.3) is 0 Å². The molecule has 0 bridgehead atoms. The predicted octanol–water partition coefficient (Wildman–Crippen LogP) is -0.885. The molecule has 0 saturated carbocycles. The molecular weight excluding hydrogens is 270 g/mol. The highest BCUT2D eigenvalue weighted by molar-refractivity contribution is 7.89. The van der Waals surface area contributed by atoms with Gasteiger partial charge in [0.2, 0.25) is 15.9 Å². The Kier molecular flexibility index (Phi) is 4.90. The second kappa shape index (κ2) is 6.02. The molecular formula is C10H19N5O3S. The van der Waals surface area contributed by atoms with Crippen molar-refractivity contribution in [3.8, 4) is 0 Å². The average molecular weight is 289 g/mol. The van der Waals surface area contributed by atoms with Gasteiger partial charge in [-0.25, -0.2) is 13.1 Å². The van der Waals surface area contributed by atoms with Crippen molar-refractivity contribution < 1.29 is 13.2 Å². The molecule has 0 aliphatic rings. The number of nitrogens with zero attached hydrogens (tertiary/aromatic N) is 2. The molecule has 0 unspecified atom stereocenters. The lowest BCUT2D eigenvalue weighted by Gasteiger charge is -2.07. The van der Waals surface area contributed by atoms with Crippen LogP contribution >= 0.6 is 0 Å². The maximum atomic E-state index is 12.0. The lowest BCUT2D eigenvalue weighted by atomic mass is 10.4. The molecule has 1 aromatic rings. The van der Waals surface area contributed by atoms with Crippen LogP contribution in [0.2, 0.25) is 0 Å². The van der Waals surface area contributed by atoms with Gasteiger partial charge in [-0.2, -0.15) is 5.10 Å². The number of anilines is 1. The zero-order chi connectivity index (χ0) is 14.6. The molecule has 9 heteroatoms. The number of carbonyl (C=O) groups excluding carboxylic acids is 1. The molecule has 1 aromatic heterocycles. The van der Waals surface area contributed by atoms with Gasteiger partial charge >= 0.3 is 0 Å². The van der Waals surface area contributed by atoms with E-state index in [1.807, 2.05) is 6.92 Å². The van der Waals surface area contributed by atoms with Crippen molar-refractivity contribution >= 4 is 21.7 Å². The van der Waals surface area contributed by atoms with Crippen molar-refractivity contribution in [1.29, 1.82) is 0 Å². The van der Waals surface area contributed by atoms with E-state index in [-0.39, 0.29) is 23.2 Å². The third kappa shape index (κ3) is 3.67. The topological polar surface area (TPSA) is 119 Å². The Labute approximate surface area is 112 Å². The number of aryl methyl sites for hydroxylation is 1. The second-order valence-electron chi connectivity index (χ2n) is 4.10. The van der Waals surface area contributed by atoms with E-state index in [9.17, 15) is 13.2 Å². The van der Waals surface area contributed by atoms with Crippen LogP contribution in [0.25, 0.3) is 0 Å². The highest BCUT2D eigenvalue weighted by atomic mass is 32.2. The number of hydrogen-bond donors (Lipinski definition) is 3. The highest BCUT2D eigenvalue weighted by Crippen LogP contribution is 2.20. The Morgan fingerprint density at radius 3 is 2.58 bits per heavy atom. The number of nitrogens with one attached hydrogen (secondary N) is 2. The summed E-state index contributed by atoms with van der Waals surface area (Å²) in [4.78, 5) is 11.3. The normalized spacial score (nSPS) is 11.5. The summed E-state index contributed by atoms with van der Waals surface area (Å²) in [6, 6.07) is 0. The maximum Gasteiger partial charge on any atom is 0.246 e. The molecule has 0 aliphatic carbocycles. The highest BCUT2D eigenvalue weighted by Gasteiger charge is 2.24. The third-order valence-electron chi connectivity index (χ3n) is 2.57. The number of nitrogens with two attached hydrogens (primary N) is 1. The fourth-order valence-corrected chi connectivity index (χ4v) is 2.81. The zero-order valence-electron chi connectivity index (χ0n) is 11.2. The van der Waals surface area contributed by atoms with Gasteiger partial charge < -0.3 is 11.1 Å². The second-order valence-corrected chi connectivity index (χ2v) is 5.80. The molecule has 8 nitrogen and oxygen atoms in total. The summed E-state index contributed by atoms with van der Waals surface area (Å²) >= 11 is 0. The summed E-state index contributed by atoms with van der Waals surface area (Å²) in [7, 11) is -2.24. The molecule has 0 fully saturated rings. The third-order valence-corrected chi connectivity index (χ3v) is 4.13. The first-order chi connectivity index (χ1) is 8.79. The molecule has 108 valence electrons. The van der Waals surface area contributed by atoms with Gasteiger partial charge in [-0.3, -0.25) is 9.48 Å². The van der Waals surface area contributed by atoms with Gasteiger partial charge in [0.15, 0.2) is 5.82 Å². The number of hydrogen-bond acceptors (Lipinski definition) is 5. The Morgan fingerprint density at radius 1 is 1.47 bits per heavy atom. The number of carbonyl (C=O) groups is 1. The Balaban J connectivity index is 2.79. The monoisotopic (exact) mass is 289 g/mol. The smallest absolute Gasteiger partial charge is 0.246 e. The Hall–Kier alpha value is -1.61. The van der Waals surface area contributed by atoms with E-state index in [0.29, 0.717) is 12.2 Å². The maximum absolute atomic E-state index is 12.0. The molecule has 1 amide bonds. The summed E-state index contributed by atoms with van der Waals surface area (Å²) in [6.07, 6.45) is 0.785. The van der Waals surface area contributed by atoms with Gasteiger partial charge in [0, 0.05) is 13.6 Å². The number of sulfonamides is 1. The lowest BCUT2D eigenvalue weighted by Crippen LogP contribution is -2.37. The standard InChI is InChI=1S/C10H19N5O3S/c1-4-5-12-8(16)6-13-19(17,18)9-7(2)15(3)14-10(9)11/h13H,4-6H2,1-3H3,(H2,11,14)(H,12,16). The number of rotatable bonds is 6. The first-order valence-electron chi connectivity index (χ1n) is 5.85. The molecule has 0 aliphatic heterocycles. The summed E-state index contributed by atoms with van der Waals surface area (Å²) < 4.78 is 27.7. The van der Waals surface area contributed by atoms with Crippen molar-refractivity contribution in [3.63, 3.8) is 0 Å². The fraction of sp³-hybridized carbons (Fsp3) is 0.600. The van der Waals surface area contributed by atoms with E-state index in [1.165, 1.54) is 4.68 Å². The molecule has 0 aromatic carbocycles. The minimum absolute atomic E-state index is 0.0820. The van der Waals surface area contributed by atoms with Crippen LogP contribution in [0.4, 0.5) is 5.82 Å². The van der Waals surface area contributed by atoms with Crippen LogP contribution < -0.4 is 15.8 Å². The van der Waals surface area contributed by atoms with Crippen LogP contribution in [0.1, 0.15) is 19.0 Å². The largest absolute Gasteiger partial charge is 0.381 e. The van der Waals surface area contributed by atoms with E-state index in [0.717, 1.165) is 6.42 Å². The number of aromatic nitrogens is 2.